The maximum atomic E-state index is 14.1. The Morgan fingerprint density at radius 1 is 1.11 bits per heavy atom. The number of ether oxygens (including phenoxy) is 1. The molecule has 0 saturated carbocycles. The van der Waals surface area contributed by atoms with E-state index in [9.17, 15) is 14.4 Å². The summed E-state index contributed by atoms with van der Waals surface area (Å²) in [5.41, 5.74) is -1.72. The number of nitrogens with one attached hydrogen (secondary N) is 3. The number of amides is 2. The lowest BCUT2D eigenvalue weighted by Crippen LogP contribution is -2.63. The fourth-order valence-corrected chi connectivity index (χ4v) is 6.19. The van der Waals surface area contributed by atoms with Crippen molar-refractivity contribution in [1.82, 2.24) is 10.6 Å². The van der Waals surface area contributed by atoms with Crippen molar-refractivity contribution in [1.29, 1.82) is 0 Å². The Kier molecular flexibility index (Phi) is 6.41. The molecule has 7 nitrogen and oxygen atoms in total. The van der Waals surface area contributed by atoms with Gasteiger partial charge in [-0.05, 0) is 47.2 Å². The Morgan fingerprint density at radius 2 is 1.80 bits per heavy atom. The van der Waals surface area contributed by atoms with Crippen LogP contribution in [0.4, 0.5) is 5.69 Å². The van der Waals surface area contributed by atoms with E-state index >= 15 is 0 Å². The Balaban J connectivity index is 2.14. The van der Waals surface area contributed by atoms with Crippen LogP contribution in [-0.2, 0) is 24.5 Å². The van der Waals surface area contributed by atoms with Crippen LogP contribution >= 0.6 is 23.2 Å². The van der Waals surface area contributed by atoms with Gasteiger partial charge in [0.1, 0.15) is 5.41 Å². The first-order chi connectivity index (χ1) is 16.4. The zero-order valence-corrected chi connectivity index (χ0v) is 21.8. The van der Waals surface area contributed by atoms with Crippen LogP contribution in [0.5, 0.6) is 0 Å². The molecular formula is C26H29Cl2N3O4. The number of esters is 1. The van der Waals surface area contributed by atoms with Gasteiger partial charge in [0.2, 0.25) is 11.4 Å². The first kappa shape index (κ1) is 25.5. The normalized spacial score (nSPS) is 27.5. The molecule has 4 atom stereocenters. The van der Waals surface area contributed by atoms with Gasteiger partial charge in [0.25, 0.3) is 5.91 Å². The molecule has 2 aliphatic heterocycles. The Morgan fingerprint density at radius 3 is 2.40 bits per heavy atom. The van der Waals surface area contributed by atoms with Gasteiger partial charge < -0.3 is 15.4 Å². The largest absolute Gasteiger partial charge is 0.467 e. The molecule has 0 aliphatic carbocycles. The smallest absolute Gasteiger partial charge is 0.336 e. The van der Waals surface area contributed by atoms with E-state index in [2.05, 4.69) is 16.0 Å². The molecule has 2 aromatic rings. The number of likely N-dealkylation sites (N-methyl/N-ethyl adjacent to an activating group) is 1. The molecule has 9 heteroatoms. The zero-order chi connectivity index (χ0) is 25.8. The number of carbonyl (C=O) groups is 3. The summed E-state index contributed by atoms with van der Waals surface area (Å²) in [5, 5.41) is 9.81. The molecule has 186 valence electrons. The molecule has 2 aliphatic rings. The molecule has 3 N–H and O–H groups in total. The third-order valence-corrected chi connectivity index (χ3v) is 7.45. The molecule has 2 aromatic carbocycles. The van der Waals surface area contributed by atoms with Crippen molar-refractivity contribution in [2.45, 2.75) is 50.1 Å². The summed E-state index contributed by atoms with van der Waals surface area (Å²) in [6, 6.07) is 11.5. The molecule has 2 heterocycles. The number of anilines is 1. The van der Waals surface area contributed by atoms with E-state index in [0.29, 0.717) is 33.3 Å². The number of carbonyl (C=O) groups excluding carboxylic acids is 3. The summed E-state index contributed by atoms with van der Waals surface area (Å²) in [5.74, 6) is -2.68. The molecule has 0 radical (unpaired) electrons. The minimum atomic E-state index is -1.90. The van der Waals surface area contributed by atoms with Crippen LogP contribution in [0.15, 0.2) is 42.5 Å². The van der Waals surface area contributed by atoms with Crippen LogP contribution in [0.25, 0.3) is 0 Å². The average Bonchev–Trinajstić information content (AvgIpc) is 3.24. The Labute approximate surface area is 214 Å². The van der Waals surface area contributed by atoms with Crippen molar-refractivity contribution in [2.24, 2.45) is 5.41 Å². The van der Waals surface area contributed by atoms with Crippen molar-refractivity contribution >= 4 is 46.7 Å². The van der Waals surface area contributed by atoms with Gasteiger partial charge in [-0.25, -0.2) is 4.79 Å². The van der Waals surface area contributed by atoms with E-state index in [4.69, 9.17) is 27.9 Å². The number of hydrogen-bond acceptors (Lipinski definition) is 5. The summed E-state index contributed by atoms with van der Waals surface area (Å²) < 4.78 is 5.22. The first-order valence-corrected chi connectivity index (χ1v) is 12.1. The van der Waals surface area contributed by atoms with Crippen LogP contribution in [0.2, 0.25) is 10.0 Å². The lowest BCUT2D eigenvalue weighted by atomic mass is 9.60. The number of halogens is 2. The highest BCUT2D eigenvalue weighted by molar-refractivity contribution is 6.31. The maximum Gasteiger partial charge on any atom is 0.336 e. The summed E-state index contributed by atoms with van der Waals surface area (Å²) >= 11 is 12.6. The minimum Gasteiger partial charge on any atom is -0.467 e. The van der Waals surface area contributed by atoms with Gasteiger partial charge in [0, 0.05) is 34.7 Å². The molecule has 4 rings (SSSR count). The second-order valence-corrected chi connectivity index (χ2v) is 11.2. The highest BCUT2D eigenvalue weighted by Gasteiger charge is 2.74. The van der Waals surface area contributed by atoms with E-state index in [0.717, 1.165) is 0 Å². The predicted molar refractivity (Wildman–Crippen MR) is 136 cm³/mol. The zero-order valence-electron chi connectivity index (χ0n) is 20.3. The lowest BCUT2D eigenvalue weighted by Gasteiger charge is -2.39. The number of methoxy groups -OCH3 is 1. The topological polar surface area (TPSA) is 96.5 Å². The number of hydrogen-bond donors (Lipinski definition) is 3. The van der Waals surface area contributed by atoms with Gasteiger partial charge in [-0.1, -0.05) is 62.2 Å². The van der Waals surface area contributed by atoms with E-state index in [1.165, 1.54) is 14.2 Å². The summed E-state index contributed by atoms with van der Waals surface area (Å²) in [6.45, 7) is 6.14. The summed E-state index contributed by atoms with van der Waals surface area (Å²) in [7, 11) is 2.69. The van der Waals surface area contributed by atoms with Crippen molar-refractivity contribution in [2.75, 3.05) is 19.5 Å². The van der Waals surface area contributed by atoms with Crippen molar-refractivity contribution < 1.29 is 19.1 Å². The maximum absolute atomic E-state index is 14.1. The van der Waals surface area contributed by atoms with Crippen molar-refractivity contribution in [3.05, 3.63) is 63.6 Å². The molecule has 0 bridgehead atoms. The van der Waals surface area contributed by atoms with Gasteiger partial charge in [0.15, 0.2) is 0 Å². The van der Waals surface area contributed by atoms with Crippen molar-refractivity contribution in [3.8, 4) is 0 Å². The fourth-order valence-electron chi connectivity index (χ4n) is 5.82. The van der Waals surface area contributed by atoms with Crippen molar-refractivity contribution in [3.63, 3.8) is 0 Å². The quantitative estimate of drug-likeness (QED) is 0.420. The van der Waals surface area contributed by atoms with Gasteiger partial charge in [-0.15, -0.1) is 0 Å². The van der Waals surface area contributed by atoms with E-state index < -0.39 is 34.8 Å². The Hall–Kier alpha value is -2.61. The van der Waals surface area contributed by atoms with Crippen LogP contribution in [0, 0.1) is 5.41 Å². The highest BCUT2D eigenvalue weighted by Crippen LogP contribution is 2.60. The van der Waals surface area contributed by atoms with Gasteiger partial charge in [-0.3, -0.25) is 14.9 Å². The summed E-state index contributed by atoms with van der Waals surface area (Å²) in [4.78, 5) is 41.4. The molecule has 0 aromatic heterocycles. The van der Waals surface area contributed by atoms with Gasteiger partial charge in [-0.2, -0.15) is 0 Å². The standard InChI is InChI=1S/C26H29Cl2N3O4/c1-24(2,3)13-19-25(17-10-9-16(28)12-18(17)30-21(25)32)20(14-7-6-8-15(27)11-14)26(31-19,22(33)29-4)23(34)35-5/h6-12,19-20,31H,13H2,1-5H3,(H,29,33)(H,30,32). The SMILES string of the molecule is CNC(=O)C1(C(=O)OC)NC(CC(C)(C)C)C2(C(=O)Nc3cc(Cl)ccc32)C1c1cccc(Cl)c1. The van der Waals surface area contributed by atoms with Gasteiger partial charge in [0.05, 0.1) is 7.11 Å². The van der Waals surface area contributed by atoms with Crippen LogP contribution in [0.1, 0.15) is 44.2 Å². The minimum absolute atomic E-state index is 0.256. The highest BCUT2D eigenvalue weighted by atomic mass is 35.5. The number of fused-ring (bicyclic) bond motifs is 2. The molecule has 4 unspecified atom stereocenters. The predicted octanol–water partition coefficient (Wildman–Crippen LogP) is 4.03. The van der Waals surface area contributed by atoms with Crippen LogP contribution in [0.3, 0.4) is 0 Å². The van der Waals surface area contributed by atoms with E-state index in [1.54, 1.807) is 42.5 Å². The first-order valence-electron chi connectivity index (χ1n) is 11.4. The van der Waals surface area contributed by atoms with E-state index in [1.807, 2.05) is 20.8 Å². The average molecular weight is 518 g/mol. The lowest BCUT2D eigenvalue weighted by molar-refractivity contribution is -0.154. The van der Waals surface area contributed by atoms with Gasteiger partial charge >= 0.3 is 5.97 Å². The Bertz CT molecular complexity index is 1190. The molecule has 35 heavy (non-hydrogen) atoms. The summed E-state index contributed by atoms with van der Waals surface area (Å²) in [6.07, 6.45) is 0.481. The van der Waals surface area contributed by atoms with E-state index in [-0.39, 0.29) is 11.3 Å². The monoisotopic (exact) mass is 517 g/mol. The third kappa shape index (κ3) is 3.81. The van der Waals surface area contributed by atoms with Crippen LogP contribution < -0.4 is 16.0 Å². The molecule has 2 amide bonds. The number of benzene rings is 2. The molecule has 1 spiro atoms. The second kappa shape index (κ2) is 8.80. The third-order valence-electron chi connectivity index (χ3n) is 6.98. The fraction of sp³-hybridized carbons (Fsp3) is 0.423. The van der Waals surface area contributed by atoms with Crippen LogP contribution in [-0.4, -0.2) is 43.5 Å². The molecular weight excluding hydrogens is 489 g/mol. The second-order valence-electron chi connectivity index (χ2n) is 10.3. The molecule has 1 saturated heterocycles. The molecule has 1 fully saturated rings. The number of rotatable bonds is 4.